The van der Waals surface area contributed by atoms with Crippen LogP contribution in [0.1, 0.15) is 44.2 Å². The highest BCUT2D eigenvalue weighted by molar-refractivity contribution is 5.48. The summed E-state index contributed by atoms with van der Waals surface area (Å²) in [4.78, 5) is 7.15. The maximum Gasteiger partial charge on any atom is 0.131 e. The van der Waals surface area contributed by atoms with E-state index in [1.807, 2.05) is 6.20 Å². The molecule has 104 valence electrons. The van der Waals surface area contributed by atoms with E-state index in [1.165, 1.54) is 36.2 Å². The normalized spacial score (nSPS) is 21.9. The zero-order valence-corrected chi connectivity index (χ0v) is 12.4. The van der Waals surface area contributed by atoms with Crippen LogP contribution in [0.4, 0.5) is 5.82 Å². The highest BCUT2D eigenvalue weighted by Gasteiger charge is 2.30. The van der Waals surface area contributed by atoms with Gasteiger partial charge in [-0.15, -0.1) is 0 Å². The van der Waals surface area contributed by atoms with Gasteiger partial charge in [-0.05, 0) is 48.8 Å². The first-order valence-electron chi connectivity index (χ1n) is 7.47. The third kappa shape index (κ3) is 3.08. The minimum absolute atomic E-state index is 0.431. The van der Waals surface area contributed by atoms with Gasteiger partial charge in [0.05, 0.1) is 0 Å². The fourth-order valence-electron chi connectivity index (χ4n) is 2.90. The first kappa shape index (κ1) is 12.9. The lowest BCUT2D eigenvalue weighted by Crippen LogP contribution is -2.24. The van der Waals surface area contributed by atoms with Crippen molar-refractivity contribution in [2.45, 2.75) is 52.6 Å². The van der Waals surface area contributed by atoms with Gasteiger partial charge in [-0.3, -0.25) is 0 Å². The van der Waals surface area contributed by atoms with Gasteiger partial charge in [0.15, 0.2) is 0 Å². The van der Waals surface area contributed by atoms with E-state index in [-0.39, 0.29) is 0 Å². The molecule has 1 aliphatic heterocycles. The summed E-state index contributed by atoms with van der Waals surface area (Å²) in [5.41, 5.74) is 3.06. The average molecular weight is 259 g/mol. The third-order valence-corrected chi connectivity index (χ3v) is 4.26. The highest BCUT2D eigenvalue weighted by Crippen LogP contribution is 2.33. The van der Waals surface area contributed by atoms with Crippen LogP contribution in [0.5, 0.6) is 0 Å². The van der Waals surface area contributed by atoms with Gasteiger partial charge in [-0.1, -0.05) is 13.8 Å². The summed E-state index contributed by atoms with van der Waals surface area (Å²) in [6.07, 6.45) is 5.99. The molecule has 3 nitrogen and oxygen atoms in total. The molecule has 0 aromatic carbocycles. The molecule has 19 heavy (non-hydrogen) atoms. The first-order valence-corrected chi connectivity index (χ1v) is 7.47. The molecule has 1 saturated heterocycles. The smallest absolute Gasteiger partial charge is 0.131 e. The lowest BCUT2D eigenvalue weighted by molar-refractivity contribution is 0.418. The molecule has 3 rings (SSSR count). The number of nitrogens with one attached hydrogen (secondary N) is 1. The van der Waals surface area contributed by atoms with Gasteiger partial charge < -0.3 is 10.2 Å². The highest BCUT2D eigenvalue weighted by atomic mass is 15.2. The van der Waals surface area contributed by atoms with Crippen molar-refractivity contribution in [1.82, 2.24) is 10.3 Å². The Hall–Kier alpha value is -1.09. The van der Waals surface area contributed by atoms with Crippen LogP contribution in [-0.2, 0) is 6.54 Å². The fourth-order valence-corrected chi connectivity index (χ4v) is 2.90. The van der Waals surface area contributed by atoms with Gasteiger partial charge in [-0.2, -0.15) is 0 Å². The molecular weight excluding hydrogens is 234 g/mol. The molecule has 0 amide bonds. The van der Waals surface area contributed by atoms with Gasteiger partial charge in [0, 0.05) is 31.9 Å². The predicted octanol–water partition coefficient (Wildman–Crippen LogP) is 2.88. The van der Waals surface area contributed by atoms with Gasteiger partial charge in [0.25, 0.3) is 0 Å². The summed E-state index contributed by atoms with van der Waals surface area (Å²) in [5.74, 6) is 1.18. The lowest BCUT2D eigenvalue weighted by Gasteiger charge is -2.22. The molecule has 2 heterocycles. The zero-order valence-electron chi connectivity index (χ0n) is 12.4. The SMILES string of the molecule is Cc1cc(CNC2CC2)cnc1N1CCC(C)(C)C1. The van der Waals surface area contributed by atoms with Crippen LogP contribution in [0.15, 0.2) is 12.3 Å². The molecule has 1 N–H and O–H groups in total. The molecule has 0 atom stereocenters. The number of anilines is 1. The van der Waals surface area contributed by atoms with Crippen molar-refractivity contribution in [3.8, 4) is 0 Å². The second-order valence-electron chi connectivity index (χ2n) is 6.98. The largest absolute Gasteiger partial charge is 0.356 e. The Morgan fingerprint density at radius 2 is 2.21 bits per heavy atom. The van der Waals surface area contributed by atoms with E-state index in [1.54, 1.807) is 0 Å². The zero-order chi connectivity index (χ0) is 13.5. The Balaban J connectivity index is 1.68. The number of hydrogen-bond donors (Lipinski definition) is 1. The van der Waals surface area contributed by atoms with Crippen LogP contribution >= 0.6 is 0 Å². The number of aryl methyl sites for hydroxylation is 1. The van der Waals surface area contributed by atoms with Crippen molar-refractivity contribution in [2.24, 2.45) is 5.41 Å². The minimum atomic E-state index is 0.431. The molecule has 3 heteroatoms. The summed E-state index contributed by atoms with van der Waals surface area (Å²) >= 11 is 0. The van der Waals surface area contributed by atoms with Crippen LogP contribution in [0.25, 0.3) is 0 Å². The van der Waals surface area contributed by atoms with Crippen molar-refractivity contribution in [3.63, 3.8) is 0 Å². The summed E-state index contributed by atoms with van der Waals surface area (Å²) in [7, 11) is 0. The van der Waals surface area contributed by atoms with Crippen LogP contribution < -0.4 is 10.2 Å². The van der Waals surface area contributed by atoms with E-state index >= 15 is 0 Å². The maximum absolute atomic E-state index is 4.71. The molecule has 0 unspecified atom stereocenters. The number of rotatable bonds is 4. The van der Waals surface area contributed by atoms with E-state index in [0.717, 1.165) is 25.7 Å². The van der Waals surface area contributed by atoms with Crippen molar-refractivity contribution >= 4 is 5.82 Å². The second kappa shape index (κ2) is 4.78. The Bertz CT molecular complexity index is 463. The van der Waals surface area contributed by atoms with E-state index in [9.17, 15) is 0 Å². The van der Waals surface area contributed by atoms with Crippen molar-refractivity contribution < 1.29 is 0 Å². The standard InChI is InChI=1S/C16H25N3/c1-12-8-13(9-17-14-4-5-14)10-18-15(12)19-7-6-16(2,3)11-19/h8,10,14,17H,4-7,9,11H2,1-3H3. The topological polar surface area (TPSA) is 28.2 Å². The predicted molar refractivity (Wildman–Crippen MR) is 79.4 cm³/mol. The molecule has 1 aromatic heterocycles. The Morgan fingerprint density at radius 1 is 1.42 bits per heavy atom. The van der Waals surface area contributed by atoms with Crippen LogP contribution in [-0.4, -0.2) is 24.1 Å². The number of nitrogens with zero attached hydrogens (tertiary/aromatic N) is 2. The van der Waals surface area contributed by atoms with Gasteiger partial charge in [-0.25, -0.2) is 4.98 Å². The molecule has 2 fully saturated rings. The molecule has 2 aliphatic rings. The summed E-state index contributed by atoms with van der Waals surface area (Å²) < 4.78 is 0. The minimum Gasteiger partial charge on any atom is -0.356 e. The molecule has 0 spiro atoms. The average Bonchev–Trinajstić information content (AvgIpc) is 3.11. The number of pyridine rings is 1. The van der Waals surface area contributed by atoms with Crippen molar-refractivity contribution in [1.29, 1.82) is 0 Å². The maximum atomic E-state index is 4.71. The molecule has 0 radical (unpaired) electrons. The van der Waals surface area contributed by atoms with Crippen molar-refractivity contribution in [2.75, 3.05) is 18.0 Å². The molecule has 0 bridgehead atoms. The van der Waals surface area contributed by atoms with Crippen molar-refractivity contribution in [3.05, 3.63) is 23.4 Å². The third-order valence-electron chi connectivity index (χ3n) is 4.26. The lowest BCUT2D eigenvalue weighted by atomic mass is 9.93. The van der Waals surface area contributed by atoms with Crippen LogP contribution in [0.2, 0.25) is 0 Å². The molecule has 1 aromatic rings. The van der Waals surface area contributed by atoms with E-state index < -0.39 is 0 Å². The molecule has 1 aliphatic carbocycles. The number of aromatic nitrogens is 1. The van der Waals surface area contributed by atoms with Gasteiger partial charge >= 0.3 is 0 Å². The van der Waals surface area contributed by atoms with Gasteiger partial charge in [0.1, 0.15) is 5.82 Å². The summed E-state index contributed by atoms with van der Waals surface area (Å²) in [5, 5.41) is 3.55. The van der Waals surface area contributed by atoms with E-state index in [0.29, 0.717) is 5.41 Å². The molecule has 1 saturated carbocycles. The summed E-state index contributed by atoms with van der Waals surface area (Å²) in [6, 6.07) is 3.06. The quantitative estimate of drug-likeness (QED) is 0.901. The monoisotopic (exact) mass is 259 g/mol. The second-order valence-corrected chi connectivity index (χ2v) is 6.98. The van der Waals surface area contributed by atoms with E-state index in [2.05, 4.69) is 37.1 Å². The fraction of sp³-hybridized carbons (Fsp3) is 0.688. The number of hydrogen-bond acceptors (Lipinski definition) is 3. The Labute approximate surface area is 116 Å². The van der Waals surface area contributed by atoms with Gasteiger partial charge in [0.2, 0.25) is 0 Å². The summed E-state index contributed by atoms with van der Waals surface area (Å²) in [6.45, 7) is 10.1. The van der Waals surface area contributed by atoms with E-state index in [4.69, 9.17) is 4.98 Å². The first-order chi connectivity index (χ1) is 9.03. The van der Waals surface area contributed by atoms with Crippen LogP contribution in [0, 0.1) is 12.3 Å². The molecular formula is C16H25N3. The van der Waals surface area contributed by atoms with Crippen LogP contribution in [0.3, 0.4) is 0 Å². The Kier molecular flexibility index (Phi) is 3.25. The Morgan fingerprint density at radius 3 is 2.79 bits per heavy atom.